The largest absolute Gasteiger partial charge is 0.413 e. The highest BCUT2D eigenvalue weighted by molar-refractivity contribution is 4.92. The van der Waals surface area contributed by atoms with E-state index in [-0.39, 0.29) is 6.04 Å². The highest BCUT2D eigenvalue weighted by atomic mass is 19.4. The van der Waals surface area contributed by atoms with Crippen LogP contribution in [0.1, 0.15) is 25.7 Å². The Morgan fingerprint density at radius 3 is 2.50 bits per heavy atom. The quantitative estimate of drug-likeness (QED) is 0.720. The lowest BCUT2D eigenvalue weighted by atomic mass is 9.96. The van der Waals surface area contributed by atoms with Crippen molar-refractivity contribution < 1.29 is 18.0 Å². The zero-order valence-electron chi connectivity index (χ0n) is 7.81. The third-order valence-corrected chi connectivity index (χ3v) is 3.21. The van der Waals surface area contributed by atoms with Crippen LogP contribution in [0, 0.1) is 11.8 Å². The molecule has 0 heterocycles. The van der Waals surface area contributed by atoms with Gasteiger partial charge in [-0.25, -0.2) is 0 Å². The Labute approximate surface area is 80.8 Å². The van der Waals surface area contributed by atoms with Crippen LogP contribution in [-0.4, -0.2) is 18.8 Å². The van der Waals surface area contributed by atoms with Crippen LogP contribution in [0.3, 0.4) is 0 Å². The van der Waals surface area contributed by atoms with Crippen molar-refractivity contribution >= 4 is 0 Å². The smallest absolute Gasteiger partial charge is 0.292 e. The molecule has 0 aromatic rings. The Hall–Kier alpha value is -0.290. The maximum atomic E-state index is 11.8. The number of alkyl halides is 3. The first-order valence-electron chi connectivity index (χ1n) is 4.98. The summed E-state index contributed by atoms with van der Waals surface area (Å²) in [7, 11) is 0. The van der Waals surface area contributed by atoms with Crippen molar-refractivity contribution in [2.75, 3.05) is 6.61 Å². The van der Waals surface area contributed by atoms with Gasteiger partial charge in [0.2, 0.25) is 0 Å². The van der Waals surface area contributed by atoms with Crippen molar-refractivity contribution in [1.82, 2.24) is 5.48 Å². The number of fused-ring (bicyclic) bond motifs is 2. The zero-order chi connectivity index (χ0) is 10.2. The molecule has 0 spiro atoms. The maximum Gasteiger partial charge on any atom is 0.413 e. The third kappa shape index (κ3) is 2.39. The molecule has 1 N–H and O–H groups in total. The van der Waals surface area contributed by atoms with E-state index in [0.29, 0.717) is 11.8 Å². The highest BCUT2D eigenvalue weighted by Crippen LogP contribution is 2.44. The number of rotatable bonds is 3. The molecule has 2 aliphatic rings. The Morgan fingerprint density at radius 1 is 1.21 bits per heavy atom. The molecule has 3 atom stereocenters. The lowest BCUT2D eigenvalue weighted by molar-refractivity contribution is -0.194. The fourth-order valence-corrected chi connectivity index (χ4v) is 2.62. The van der Waals surface area contributed by atoms with Gasteiger partial charge in [-0.3, -0.25) is 4.84 Å². The first-order chi connectivity index (χ1) is 6.54. The van der Waals surface area contributed by atoms with Crippen LogP contribution in [0.2, 0.25) is 0 Å². The molecule has 5 heteroatoms. The summed E-state index contributed by atoms with van der Waals surface area (Å²) in [6, 6.07) is 0.149. The van der Waals surface area contributed by atoms with Gasteiger partial charge in [0.25, 0.3) is 0 Å². The average molecular weight is 209 g/mol. The molecule has 14 heavy (non-hydrogen) atoms. The van der Waals surface area contributed by atoms with E-state index < -0.39 is 12.8 Å². The molecule has 2 rings (SSSR count). The molecule has 2 fully saturated rings. The van der Waals surface area contributed by atoms with E-state index >= 15 is 0 Å². The van der Waals surface area contributed by atoms with Gasteiger partial charge < -0.3 is 0 Å². The van der Waals surface area contributed by atoms with E-state index in [1.165, 1.54) is 6.42 Å². The van der Waals surface area contributed by atoms with Gasteiger partial charge in [0.05, 0.1) is 0 Å². The van der Waals surface area contributed by atoms with Crippen LogP contribution in [0.5, 0.6) is 0 Å². The second kappa shape index (κ2) is 3.70. The van der Waals surface area contributed by atoms with Gasteiger partial charge in [-0.2, -0.15) is 18.7 Å². The molecule has 2 aliphatic carbocycles. The number of hydroxylamine groups is 1. The van der Waals surface area contributed by atoms with Gasteiger partial charge >= 0.3 is 6.18 Å². The molecule has 2 bridgehead atoms. The lowest BCUT2D eigenvalue weighted by Gasteiger charge is -2.22. The zero-order valence-corrected chi connectivity index (χ0v) is 7.81. The van der Waals surface area contributed by atoms with Crippen LogP contribution in [0.25, 0.3) is 0 Å². The fraction of sp³-hybridized carbons (Fsp3) is 1.00. The summed E-state index contributed by atoms with van der Waals surface area (Å²) in [5.74, 6) is 1.25. The van der Waals surface area contributed by atoms with Gasteiger partial charge in [-0.15, -0.1) is 0 Å². The normalized spacial score (nSPS) is 36.6. The SMILES string of the molecule is FC(F)(F)CONC1CC2CCC1C2. The van der Waals surface area contributed by atoms with Crippen molar-refractivity contribution in [2.24, 2.45) is 11.8 Å². The van der Waals surface area contributed by atoms with E-state index in [2.05, 4.69) is 10.3 Å². The number of hydrogen-bond donors (Lipinski definition) is 1. The van der Waals surface area contributed by atoms with Gasteiger partial charge in [0, 0.05) is 6.04 Å². The minimum Gasteiger partial charge on any atom is -0.292 e. The third-order valence-electron chi connectivity index (χ3n) is 3.21. The summed E-state index contributed by atoms with van der Waals surface area (Å²) in [6.07, 6.45) is 0.278. The summed E-state index contributed by atoms with van der Waals surface area (Å²) in [4.78, 5) is 4.46. The first kappa shape index (κ1) is 10.2. The summed E-state index contributed by atoms with van der Waals surface area (Å²) in [5.41, 5.74) is 2.55. The van der Waals surface area contributed by atoms with Gasteiger partial charge in [0.15, 0.2) is 6.61 Å². The highest BCUT2D eigenvalue weighted by Gasteiger charge is 2.40. The molecule has 2 saturated carbocycles. The second-order valence-electron chi connectivity index (χ2n) is 4.30. The van der Waals surface area contributed by atoms with E-state index in [4.69, 9.17) is 0 Å². The second-order valence-corrected chi connectivity index (χ2v) is 4.30. The van der Waals surface area contributed by atoms with Crippen molar-refractivity contribution in [3.8, 4) is 0 Å². The van der Waals surface area contributed by atoms with Crippen molar-refractivity contribution in [1.29, 1.82) is 0 Å². The number of nitrogens with one attached hydrogen (secondary N) is 1. The van der Waals surface area contributed by atoms with Gasteiger partial charge in [-0.05, 0) is 31.1 Å². The molecular weight excluding hydrogens is 195 g/mol. The van der Waals surface area contributed by atoms with Crippen LogP contribution >= 0.6 is 0 Å². The summed E-state index contributed by atoms with van der Waals surface area (Å²) >= 11 is 0. The maximum absolute atomic E-state index is 11.8. The molecule has 82 valence electrons. The molecule has 0 amide bonds. The minimum absolute atomic E-state index is 0.149. The van der Waals surface area contributed by atoms with Crippen molar-refractivity contribution in [2.45, 2.75) is 37.9 Å². The van der Waals surface area contributed by atoms with Crippen molar-refractivity contribution in [3.05, 3.63) is 0 Å². The van der Waals surface area contributed by atoms with Gasteiger partial charge in [-0.1, -0.05) is 6.42 Å². The van der Waals surface area contributed by atoms with Crippen LogP contribution in [-0.2, 0) is 4.84 Å². The van der Waals surface area contributed by atoms with Crippen molar-refractivity contribution in [3.63, 3.8) is 0 Å². The number of halogens is 3. The Kier molecular flexibility index (Phi) is 2.70. The summed E-state index contributed by atoms with van der Waals surface area (Å²) in [6.45, 7) is -1.19. The van der Waals surface area contributed by atoms with Crippen LogP contribution in [0.15, 0.2) is 0 Å². The van der Waals surface area contributed by atoms with Crippen LogP contribution < -0.4 is 5.48 Å². The van der Waals surface area contributed by atoms with E-state index in [1.54, 1.807) is 0 Å². The van der Waals surface area contributed by atoms with Gasteiger partial charge in [0.1, 0.15) is 0 Å². The molecule has 2 nitrogen and oxygen atoms in total. The monoisotopic (exact) mass is 209 g/mol. The molecular formula is C9H14F3NO. The standard InChI is InChI=1S/C9H14F3NO/c10-9(11,12)5-14-13-8-4-6-1-2-7(8)3-6/h6-8,13H,1-5H2. The minimum atomic E-state index is -4.23. The molecule has 3 unspecified atom stereocenters. The Balaban J connectivity index is 1.67. The Bertz CT molecular complexity index is 207. The lowest BCUT2D eigenvalue weighted by Crippen LogP contribution is -2.36. The summed E-state index contributed by atoms with van der Waals surface area (Å²) in [5, 5.41) is 0. The fourth-order valence-electron chi connectivity index (χ4n) is 2.62. The predicted molar refractivity (Wildman–Crippen MR) is 44.4 cm³/mol. The van der Waals surface area contributed by atoms with Crippen LogP contribution in [0.4, 0.5) is 13.2 Å². The Morgan fingerprint density at radius 2 is 2.00 bits per heavy atom. The molecule has 0 saturated heterocycles. The first-order valence-corrected chi connectivity index (χ1v) is 4.98. The van der Waals surface area contributed by atoms with E-state index in [1.807, 2.05) is 0 Å². The van der Waals surface area contributed by atoms with E-state index in [9.17, 15) is 13.2 Å². The summed E-state index contributed by atoms with van der Waals surface area (Å²) < 4.78 is 35.3. The predicted octanol–water partition coefficient (Wildman–Crippen LogP) is 2.26. The molecule has 0 aliphatic heterocycles. The topological polar surface area (TPSA) is 21.3 Å². The molecule has 0 aromatic carbocycles. The molecule has 0 radical (unpaired) electrons. The average Bonchev–Trinajstić information content (AvgIpc) is 2.62. The molecule has 0 aromatic heterocycles. The number of hydrogen-bond acceptors (Lipinski definition) is 2. The van der Waals surface area contributed by atoms with E-state index in [0.717, 1.165) is 19.3 Å².